The molecule has 1 fully saturated rings. The molecule has 1 saturated carbocycles. The summed E-state index contributed by atoms with van der Waals surface area (Å²) in [6.07, 6.45) is 2.24. The van der Waals surface area contributed by atoms with Crippen molar-refractivity contribution in [2.75, 3.05) is 13.1 Å². The Kier molecular flexibility index (Phi) is 5.85. The summed E-state index contributed by atoms with van der Waals surface area (Å²) in [7, 11) is 0. The van der Waals surface area contributed by atoms with Crippen molar-refractivity contribution in [3.8, 4) is 5.69 Å². The van der Waals surface area contributed by atoms with Crippen molar-refractivity contribution in [3.05, 3.63) is 119 Å². The summed E-state index contributed by atoms with van der Waals surface area (Å²) in [6, 6.07) is 29.6. The van der Waals surface area contributed by atoms with E-state index in [0.29, 0.717) is 31.2 Å². The highest BCUT2D eigenvalue weighted by Gasteiger charge is 2.31. The van der Waals surface area contributed by atoms with E-state index in [2.05, 4.69) is 17.4 Å². The van der Waals surface area contributed by atoms with Gasteiger partial charge >= 0.3 is 0 Å². The number of fused-ring (bicyclic) bond motifs is 1. The van der Waals surface area contributed by atoms with Gasteiger partial charge in [-0.15, -0.1) is 0 Å². The Morgan fingerprint density at radius 3 is 2.36 bits per heavy atom. The molecular weight excluding hydrogens is 448 g/mol. The van der Waals surface area contributed by atoms with Gasteiger partial charge in [0.1, 0.15) is 5.69 Å². The Morgan fingerprint density at radius 1 is 0.944 bits per heavy atom. The summed E-state index contributed by atoms with van der Waals surface area (Å²) < 4.78 is 1.75. The molecule has 0 saturated heterocycles. The fraction of sp³-hybridized carbons (Fsp3) is 0.233. The lowest BCUT2D eigenvalue weighted by Gasteiger charge is -2.24. The molecule has 1 unspecified atom stereocenters. The van der Waals surface area contributed by atoms with Crippen molar-refractivity contribution >= 4 is 11.8 Å². The molecule has 2 heterocycles. The van der Waals surface area contributed by atoms with E-state index in [-0.39, 0.29) is 17.7 Å². The molecule has 1 atom stereocenters. The molecule has 0 bridgehead atoms. The van der Waals surface area contributed by atoms with Crippen LogP contribution in [-0.2, 0) is 6.54 Å². The van der Waals surface area contributed by atoms with Gasteiger partial charge in [-0.25, -0.2) is 4.68 Å². The number of carbonyl (C=O) groups excluding carboxylic acids is 2. The van der Waals surface area contributed by atoms with E-state index in [9.17, 15) is 9.59 Å². The zero-order valence-corrected chi connectivity index (χ0v) is 20.0. The molecular formula is C30H28N4O2. The molecule has 36 heavy (non-hydrogen) atoms. The van der Waals surface area contributed by atoms with Gasteiger partial charge in [-0.1, -0.05) is 66.7 Å². The fourth-order valence-electron chi connectivity index (χ4n) is 4.95. The van der Waals surface area contributed by atoms with Gasteiger partial charge in [-0.2, -0.15) is 5.10 Å². The van der Waals surface area contributed by atoms with Crippen LogP contribution in [0.5, 0.6) is 0 Å². The van der Waals surface area contributed by atoms with Crippen molar-refractivity contribution in [1.82, 2.24) is 20.0 Å². The van der Waals surface area contributed by atoms with Gasteiger partial charge in [0.05, 0.1) is 11.4 Å². The van der Waals surface area contributed by atoms with Crippen LogP contribution in [0.1, 0.15) is 62.3 Å². The lowest BCUT2D eigenvalue weighted by molar-refractivity contribution is 0.0767. The quantitative estimate of drug-likeness (QED) is 0.393. The first kappa shape index (κ1) is 22.3. The fourth-order valence-corrected chi connectivity index (χ4v) is 4.95. The third-order valence-electron chi connectivity index (χ3n) is 7.07. The first-order valence-corrected chi connectivity index (χ1v) is 12.5. The minimum Gasteiger partial charge on any atom is -0.350 e. The molecule has 1 N–H and O–H groups in total. The van der Waals surface area contributed by atoms with Crippen molar-refractivity contribution in [1.29, 1.82) is 0 Å². The number of amides is 2. The average molecular weight is 477 g/mol. The number of nitrogens with zero attached hydrogens (tertiary/aromatic N) is 3. The number of hydrogen-bond acceptors (Lipinski definition) is 3. The van der Waals surface area contributed by atoms with Crippen LogP contribution in [-0.4, -0.2) is 39.6 Å². The summed E-state index contributed by atoms with van der Waals surface area (Å²) in [4.78, 5) is 28.4. The number of benzene rings is 3. The first-order chi connectivity index (χ1) is 17.7. The molecule has 6 nitrogen and oxygen atoms in total. The van der Waals surface area contributed by atoms with E-state index in [1.807, 2.05) is 83.8 Å². The van der Waals surface area contributed by atoms with Crippen molar-refractivity contribution in [2.45, 2.75) is 31.2 Å². The maximum atomic E-state index is 13.5. The highest BCUT2D eigenvalue weighted by molar-refractivity contribution is 5.98. The SMILES string of the molecule is O=C(NCC(CN1Cc2ccccc2C1=O)c1ccccc1)c1cc(C2CC2)nn1-c1ccccc1. The standard InChI is InChI=1S/C30H28N4O2/c35-29(28-17-27(22-15-16-22)32-34(28)25-12-5-2-6-13-25)31-18-24(21-9-3-1-4-10-21)20-33-19-23-11-7-8-14-26(23)30(33)36/h1-14,17,22,24H,15-16,18-20H2,(H,31,35). The molecule has 3 aromatic carbocycles. The Morgan fingerprint density at radius 2 is 1.64 bits per heavy atom. The molecule has 1 aliphatic heterocycles. The molecule has 1 aromatic heterocycles. The van der Waals surface area contributed by atoms with Crippen LogP contribution < -0.4 is 5.32 Å². The smallest absolute Gasteiger partial charge is 0.270 e. The van der Waals surface area contributed by atoms with Crippen LogP contribution in [0, 0.1) is 0 Å². The van der Waals surface area contributed by atoms with Crippen LogP contribution in [0.4, 0.5) is 0 Å². The predicted octanol–water partition coefficient (Wildman–Crippen LogP) is 4.92. The van der Waals surface area contributed by atoms with Crippen molar-refractivity contribution < 1.29 is 9.59 Å². The van der Waals surface area contributed by atoms with Crippen molar-refractivity contribution in [3.63, 3.8) is 0 Å². The van der Waals surface area contributed by atoms with Crippen LogP contribution >= 0.6 is 0 Å². The van der Waals surface area contributed by atoms with Crippen LogP contribution in [0.25, 0.3) is 5.69 Å². The van der Waals surface area contributed by atoms with E-state index in [4.69, 9.17) is 5.10 Å². The monoisotopic (exact) mass is 476 g/mol. The lowest BCUT2D eigenvalue weighted by Crippen LogP contribution is -2.36. The third-order valence-corrected chi connectivity index (χ3v) is 7.07. The van der Waals surface area contributed by atoms with Gasteiger partial charge in [-0.05, 0) is 48.2 Å². The Hall–Kier alpha value is -4.19. The molecule has 4 aromatic rings. The van der Waals surface area contributed by atoms with Gasteiger partial charge in [-0.3, -0.25) is 9.59 Å². The largest absolute Gasteiger partial charge is 0.350 e. The number of carbonyl (C=O) groups is 2. The lowest BCUT2D eigenvalue weighted by atomic mass is 9.98. The molecule has 0 spiro atoms. The normalized spacial score (nSPS) is 15.6. The van der Waals surface area contributed by atoms with Crippen LogP contribution in [0.2, 0.25) is 0 Å². The van der Waals surface area contributed by atoms with Gasteiger partial charge in [0.2, 0.25) is 0 Å². The molecule has 180 valence electrons. The maximum absolute atomic E-state index is 13.5. The number of hydrogen-bond donors (Lipinski definition) is 1. The molecule has 1 aliphatic carbocycles. The van der Waals surface area contributed by atoms with Gasteiger partial charge in [0.25, 0.3) is 11.8 Å². The maximum Gasteiger partial charge on any atom is 0.270 e. The zero-order valence-electron chi connectivity index (χ0n) is 20.0. The second-order valence-corrected chi connectivity index (χ2v) is 9.64. The number of nitrogens with one attached hydrogen (secondary N) is 1. The number of aromatic nitrogens is 2. The van der Waals surface area contributed by atoms with Crippen LogP contribution in [0.15, 0.2) is 91.0 Å². The minimum atomic E-state index is -0.157. The summed E-state index contributed by atoms with van der Waals surface area (Å²) >= 11 is 0. The van der Waals surface area contributed by atoms with Gasteiger partial charge < -0.3 is 10.2 Å². The van der Waals surface area contributed by atoms with E-state index in [0.717, 1.165) is 40.9 Å². The number of para-hydroxylation sites is 1. The second kappa shape index (κ2) is 9.46. The molecule has 6 rings (SSSR count). The van der Waals surface area contributed by atoms with E-state index >= 15 is 0 Å². The highest BCUT2D eigenvalue weighted by atomic mass is 16.2. The molecule has 2 aliphatic rings. The van der Waals surface area contributed by atoms with E-state index < -0.39 is 0 Å². The van der Waals surface area contributed by atoms with Crippen molar-refractivity contribution in [2.24, 2.45) is 0 Å². The Bertz CT molecular complexity index is 1390. The highest BCUT2D eigenvalue weighted by Crippen LogP contribution is 2.39. The average Bonchev–Trinajstić information content (AvgIpc) is 3.60. The molecule has 2 amide bonds. The molecule has 6 heteroatoms. The second-order valence-electron chi connectivity index (χ2n) is 9.64. The predicted molar refractivity (Wildman–Crippen MR) is 138 cm³/mol. The summed E-state index contributed by atoms with van der Waals surface area (Å²) in [5.74, 6) is 0.301. The number of rotatable bonds is 8. The van der Waals surface area contributed by atoms with Gasteiger partial charge in [0.15, 0.2) is 0 Å². The zero-order chi connectivity index (χ0) is 24.5. The van der Waals surface area contributed by atoms with E-state index in [1.54, 1.807) is 4.68 Å². The van der Waals surface area contributed by atoms with Crippen LogP contribution in [0.3, 0.4) is 0 Å². The van der Waals surface area contributed by atoms with E-state index in [1.165, 1.54) is 0 Å². The summed E-state index contributed by atoms with van der Waals surface area (Å²) in [5.41, 5.74) is 5.31. The molecule has 0 radical (unpaired) electrons. The first-order valence-electron chi connectivity index (χ1n) is 12.5. The summed E-state index contributed by atoms with van der Waals surface area (Å²) in [5, 5.41) is 7.92. The minimum absolute atomic E-state index is 0.0376. The topological polar surface area (TPSA) is 67.2 Å². The van der Waals surface area contributed by atoms with Gasteiger partial charge in [0, 0.05) is 37.0 Å². The summed E-state index contributed by atoms with van der Waals surface area (Å²) in [6.45, 7) is 1.54. The Labute approximate surface area is 210 Å². The Balaban J connectivity index is 1.22. The third kappa shape index (κ3) is 4.42.